The van der Waals surface area contributed by atoms with Crippen LogP contribution in [0.4, 0.5) is 0 Å². The highest BCUT2D eigenvalue weighted by atomic mass is 16.5. The minimum atomic E-state index is -0.0698. The maximum atomic E-state index is 9.85. The lowest BCUT2D eigenvalue weighted by atomic mass is 9.92. The minimum absolute atomic E-state index is 0.0698. The normalized spacial score (nSPS) is 32.8. The maximum absolute atomic E-state index is 9.85. The Morgan fingerprint density at radius 1 is 1.12 bits per heavy atom. The average Bonchev–Trinajstić information content (AvgIpc) is 2.39. The van der Waals surface area contributed by atoms with E-state index in [0.29, 0.717) is 5.92 Å². The molecule has 0 bridgehead atoms. The molecule has 0 radical (unpaired) electrons. The first-order valence-corrected chi connectivity index (χ1v) is 7.00. The third-order valence-electron chi connectivity index (χ3n) is 4.14. The molecule has 2 heterocycles. The van der Waals surface area contributed by atoms with Gasteiger partial charge in [0, 0.05) is 39.3 Å². The molecule has 2 aliphatic heterocycles. The predicted molar refractivity (Wildman–Crippen MR) is 68.1 cm³/mol. The molecule has 0 aromatic carbocycles. The Kier molecular flexibility index (Phi) is 5.22. The summed E-state index contributed by atoms with van der Waals surface area (Å²) >= 11 is 0. The highest BCUT2D eigenvalue weighted by Gasteiger charge is 2.26. The van der Waals surface area contributed by atoms with Crippen LogP contribution in [-0.2, 0) is 4.74 Å². The van der Waals surface area contributed by atoms with E-state index in [1.54, 1.807) is 0 Å². The Hall–Kier alpha value is -0.160. The van der Waals surface area contributed by atoms with Gasteiger partial charge in [0.25, 0.3) is 0 Å². The van der Waals surface area contributed by atoms with E-state index in [9.17, 15) is 5.11 Å². The number of piperidine rings is 1. The second-order valence-corrected chi connectivity index (χ2v) is 5.28. The van der Waals surface area contributed by atoms with E-state index in [2.05, 4.69) is 16.7 Å². The molecule has 0 saturated carbocycles. The van der Waals surface area contributed by atoms with Crippen LogP contribution in [0.15, 0.2) is 0 Å². The number of morpholine rings is 1. The van der Waals surface area contributed by atoms with Gasteiger partial charge in [-0.15, -0.1) is 0 Å². The Bertz CT molecular complexity index is 219. The summed E-state index contributed by atoms with van der Waals surface area (Å²) in [5, 5.41) is 9.85. The van der Waals surface area contributed by atoms with Gasteiger partial charge in [0.2, 0.25) is 0 Å². The number of rotatable bonds is 4. The van der Waals surface area contributed by atoms with Crippen LogP contribution in [0.1, 0.15) is 19.8 Å². The van der Waals surface area contributed by atoms with Crippen LogP contribution < -0.4 is 0 Å². The van der Waals surface area contributed by atoms with E-state index >= 15 is 0 Å². The largest absolute Gasteiger partial charge is 0.393 e. The quantitative estimate of drug-likeness (QED) is 0.775. The average molecular weight is 242 g/mol. The summed E-state index contributed by atoms with van der Waals surface area (Å²) in [5.74, 6) is 0.480. The number of nitrogens with zero attached hydrogens (tertiary/aromatic N) is 2. The highest BCUT2D eigenvalue weighted by molar-refractivity contribution is 4.79. The molecular formula is C13H26N2O2. The summed E-state index contributed by atoms with van der Waals surface area (Å²) in [5.41, 5.74) is 0. The van der Waals surface area contributed by atoms with Gasteiger partial charge in [0.05, 0.1) is 19.3 Å². The van der Waals surface area contributed by atoms with Crippen LogP contribution >= 0.6 is 0 Å². The fraction of sp³-hybridized carbons (Fsp3) is 1.00. The van der Waals surface area contributed by atoms with Crippen molar-refractivity contribution in [3.63, 3.8) is 0 Å². The summed E-state index contributed by atoms with van der Waals surface area (Å²) in [6, 6.07) is 0. The van der Waals surface area contributed by atoms with Crippen molar-refractivity contribution < 1.29 is 9.84 Å². The van der Waals surface area contributed by atoms with Crippen molar-refractivity contribution >= 4 is 0 Å². The molecule has 2 saturated heterocycles. The molecule has 0 aromatic rings. The number of likely N-dealkylation sites (tertiary alicyclic amines) is 1. The van der Waals surface area contributed by atoms with Crippen molar-refractivity contribution in [1.82, 2.24) is 9.80 Å². The Morgan fingerprint density at radius 3 is 2.53 bits per heavy atom. The molecule has 2 aliphatic rings. The van der Waals surface area contributed by atoms with Gasteiger partial charge in [-0.2, -0.15) is 0 Å². The molecule has 0 aromatic heterocycles. The molecule has 2 rings (SSSR count). The van der Waals surface area contributed by atoms with Gasteiger partial charge in [-0.1, -0.05) is 6.92 Å². The summed E-state index contributed by atoms with van der Waals surface area (Å²) in [7, 11) is 0. The SMILES string of the molecule is CCC1CN(CCN2CCOCC2)CCC1O. The van der Waals surface area contributed by atoms with Crippen molar-refractivity contribution in [1.29, 1.82) is 0 Å². The zero-order valence-corrected chi connectivity index (χ0v) is 11.0. The molecule has 2 atom stereocenters. The molecule has 0 amide bonds. The van der Waals surface area contributed by atoms with Gasteiger partial charge in [0.1, 0.15) is 0 Å². The first kappa shape index (κ1) is 13.3. The summed E-state index contributed by atoms with van der Waals surface area (Å²) < 4.78 is 5.35. The number of hydrogen-bond donors (Lipinski definition) is 1. The van der Waals surface area contributed by atoms with E-state index in [0.717, 1.165) is 65.3 Å². The monoisotopic (exact) mass is 242 g/mol. The van der Waals surface area contributed by atoms with Crippen LogP contribution in [-0.4, -0.2) is 73.5 Å². The third kappa shape index (κ3) is 3.91. The lowest BCUT2D eigenvalue weighted by Gasteiger charge is -2.37. The molecule has 1 N–H and O–H groups in total. The van der Waals surface area contributed by atoms with E-state index in [-0.39, 0.29) is 6.10 Å². The van der Waals surface area contributed by atoms with Crippen molar-refractivity contribution in [2.45, 2.75) is 25.9 Å². The van der Waals surface area contributed by atoms with Crippen molar-refractivity contribution in [3.8, 4) is 0 Å². The molecule has 100 valence electrons. The van der Waals surface area contributed by atoms with E-state index in [1.807, 2.05) is 0 Å². The Morgan fingerprint density at radius 2 is 1.82 bits per heavy atom. The Balaban J connectivity index is 1.68. The lowest BCUT2D eigenvalue weighted by molar-refractivity contribution is 0.00886. The highest BCUT2D eigenvalue weighted by Crippen LogP contribution is 2.19. The fourth-order valence-electron chi connectivity index (χ4n) is 2.81. The zero-order chi connectivity index (χ0) is 12.1. The third-order valence-corrected chi connectivity index (χ3v) is 4.14. The fourth-order valence-corrected chi connectivity index (χ4v) is 2.81. The van der Waals surface area contributed by atoms with E-state index in [1.165, 1.54) is 0 Å². The zero-order valence-electron chi connectivity index (χ0n) is 11.0. The lowest BCUT2D eigenvalue weighted by Crippen LogP contribution is -2.47. The van der Waals surface area contributed by atoms with Crippen molar-refractivity contribution in [3.05, 3.63) is 0 Å². The van der Waals surface area contributed by atoms with Crippen molar-refractivity contribution in [2.24, 2.45) is 5.92 Å². The van der Waals surface area contributed by atoms with Gasteiger partial charge >= 0.3 is 0 Å². The number of aliphatic hydroxyl groups excluding tert-OH is 1. The second kappa shape index (κ2) is 6.69. The molecule has 0 aliphatic carbocycles. The van der Waals surface area contributed by atoms with Crippen LogP contribution in [0.2, 0.25) is 0 Å². The molecule has 2 unspecified atom stereocenters. The van der Waals surface area contributed by atoms with Crippen LogP contribution in [0.25, 0.3) is 0 Å². The molecule has 17 heavy (non-hydrogen) atoms. The summed E-state index contributed by atoms with van der Waals surface area (Å²) in [6.45, 7) is 10.5. The van der Waals surface area contributed by atoms with Gasteiger partial charge in [-0.05, 0) is 18.8 Å². The van der Waals surface area contributed by atoms with Gasteiger partial charge < -0.3 is 14.7 Å². The van der Waals surface area contributed by atoms with Crippen LogP contribution in [0, 0.1) is 5.92 Å². The summed E-state index contributed by atoms with van der Waals surface area (Å²) in [4.78, 5) is 4.99. The van der Waals surface area contributed by atoms with Gasteiger partial charge in [-0.25, -0.2) is 0 Å². The molecule has 0 spiro atoms. The van der Waals surface area contributed by atoms with Gasteiger partial charge in [-0.3, -0.25) is 4.90 Å². The molecule has 4 nitrogen and oxygen atoms in total. The minimum Gasteiger partial charge on any atom is -0.393 e. The van der Waals surface area contributed by atoms with Crippen LogP contribution in [0.5, 0.6) is 0 Å². The van der Waals surface area contributed by atoms with Crippen LogP contribution in [0.3, 0.4) is 0 Å². The van der Waals surface area contributed by atoms with Crippen molar-refractivity contribution in [2.75, 3.05) is 52.5 Å². The van der Waals surface area contributed by atoms with E-state index < -0.39 is 0 Å². The first-order chi connectivity index (χ1) is 8.29. The maximum Gasteiger partial charge on any atom is 0.0594 e. The molecule has 4 heteroatoms. The topological polar surface area (TPSA) is 35.9 Å². The molecular weight excluding hydrogens is 216 g/mol. The van der Waals surface area contributed by atoms with Gasteiger partial charge in [0.15, 0.2) is 0 Å². The summed E-state index contributed by atoms with van der Waals surface area (Å²) in [6.07, 6.45) is 1.97. The first-order valence-electron chi connectivity index (χ1n) is 7.00. The van der Waals surface area contributed by atoms with E-state index in [4.69, 9.17) is 4.74 Å². The number of aliphatic hydroxyl groups is 1. The Labute approximate surface area is 105 Å². The number of hydrogen-bond acceptors (Lipinski definition) is 4. The standard InChI is InChI=1S/C13H26N2O2/c1-2-12-11-15(4-3-13(12)16)6-5-14-7-9-17-10-8-14/h12-13,16H,2-11H2,1H3. The number of ether oxygens (including phenoxy) is 1. The smallest absolute Gasteiger partial charge is 0.0594 e. The second-order valence-electron chi connectivity index (χ2n) is 5.28. The molecule has 2 fully saturated rings. The predicted octanol–water partition coefficient (Wildman–Crippen LogP) is 0.411.